The van der Waals surface area contributed by atoms with Crippen molar-refractivity contribution in [2.75, 3.05) is 11.4 Å². The number of anilines is 1. The maximum Gasteiger partial charge on any atom is 0.230 e. The minimum absolute atomic E-state index is 0.0961. The van der Waals surface area contributed by atoms with E-state index in [1.807, 2.05) is 23.1 Å². The van der Waals surface area contributed by atoms with Crippen LogP contribution in [-0.4, -0.2) is 23.1 Å². The number of Topliss-reactive ketones (excluding diaryl/α,β-unsaturated/α-hetero) is 1. The van der Waals surface area contributed by atoms with Gasteiger partial charge in [-0.15, -0.1) is 0 Å². The first kappa shape index (κ1) is 18.2. The van der Waals surface area contributed by atoms with Gasteiger partial charge in [0.1, 0.15) is 0 Å². The predicted molar refractivity (Wildman–Crippen MR) is 98.5 cm³/mol. The summed E-state index contributed by atoms with van der Waals surface area (Å²) in [5, 5.41) is 0. The van der Waals surface area contributed by atoms with Crippen LogP contribution in [0.3, 0.4) is 0 Å². The number of fused-ring (bicyclic) bond motifs is 1. The van der Waals surface area contributed by atoms with Crippen molar-refractivity contribution in [3.63, 3.8) is 0 Å². The van der Waals surface area contributed by atoms with E-state index in [9.17, 15) is 9.59 Å². The van der Waals surface area contributed by atoms with E-state index in [-0.39, 0.29) is 22.4 Å². The van der Waals surface area contributed by atoms with E-state index in [0.717, 1.165) is 55.5 Å². The van der Waals surface area contributed by atoms with Gasteiger partial charge >= 0.3 is 0 Å². The Balaban J connectivity index is 2.20. The highest BCUT2D eigenvalue weighted by atomic mass is 79.9. The fraction of sp³-hybridized carbons (Fsp3) is 0.579. The van der Waals surface area contributed by atoms with E-state index in [4.69, 9.17) is 0 Å². The van der Waals surface area contributed by atoms with E-state index in [1.165, 1.54) is 0 Å². The Morgan fingerprint density at radius 1 is 1.22 bits per heavy atom. The van der Waals surface area contributed by atoms with Gasteiger partial charge in [0.15, 0.2) is 5.78 Å². The third-order valence-electron chi connectivity index (χ3n) is 4.69. The molecule has 0 aromatic heterocycles. The van der Waals surface area contributed by atoms with Gasteiger partial charge in [0, 0.05) is 23.7 Å². The van der Waals surface area contributed by atoms with Gasteiger partial charge in [-0.05, 0) is 49.4 Å². The summed E-state index contributed by atoms with van der Waals surface area (Å²) in [6, 6.07) is 5.78. The quantitative estimate of drug-likeness (QED) is 0.505. The first-order valence-electron chi connectivity index (χ1n) is 8.65. The summed E-state index contributed by atoms with van der Waals surface area (Å²) in [5.74, 6) is 0.454. The Morgan fingerprint density at radius 2 is 1.91 bits per heavy atom. The van der Waals surface area contributed by atoms with Gasteiger partial charge in [0.05, 0.1) is 4.83 Å². The van der Waals surface area contributed by atoms with Crippen molar-refractivity contribution in [3.05, 3.63) is 29.3 Å². The van der Waals surface area contributed by atoms with Gasteiger partial charge in [0.2, 0.25) is 5.91 Å². The summed E-state index contributed by atoms with van der Waals surface area (Å²) < 4.78 is 0. The normalized spacial score (nSPS) is 14.9. The molecule has 3 nitrogen and oxygen atoms in total. The van der Waals surface area contributed by atoms with Crippen LogP contribution in [0, 0.1) is 5.92 Å². The molecule has 1 atom stereocenters. The highest BCUT2D eigenvalue weighted by molar-refractivity contribution is 9.10. The molecule has 0 saturated heterocycles. The fourth-order valence-corrected chi connectivity index (χ4v) is 3.93. The monoisotopic (exact) mass is 379 g/mol. The van der Waals surface area contributed by atoms with Gasteiger partial charge in [-0.25, -0.2) is 0 Å². The maximum atomic E-state index is 12.6. The number of amides is 1. The summed E-state index contributed by atoms with van der Waals surface area (Å²) >= 11 is 3.48. The summed E-state index contributed by atoms with van der Waals surface area (Å²) in [5.41, 5.74) is 2.85. The standard InChI is InChI=1S/C19H26BrNO2/c1-4-7-16(20)18(22)15-8-9-17-14(12-15)10-11-21(17)19(23)13(5-2)6-3/h8-9,12-13,16H,4-7,10-11H2,1-3H3. The lowest BCUT2D eigenvalue weighted by atomic mass is 10.0. The Hall–Kier alpha value is -1.16. The lowest BCUT2D eigenvalue weighted by molar-refractivity contribution is -0.122. The predicted octanol–water partition coefficient (Wildman–Crippen LogP) is 4.76. The van der Waals surface area contributed by atoms with Crippen molar-refractivity contribution in [2.24, 2.45) is 5.92 Å². The molecule has 1 amide bonds. The van der Waals surface area contributed by atoms with Crippen LogP contribution >= 0.6 is 15.9 Å². The molecule has 4 heteroatoms. The zero-order valence-corrected chi connectivity index (χ0v) is 15.9. The van der Waals surface area contributed by atoms with E-state index < -0.39 is 0 Å². The minimum Gasteiger partial charge on any atom is -0.312 e. The van der Waals surface area contributed by atoms with Crippen LogP contribution in [0.25, 0.3) is 0 Å². The van der Waals surface area contributed by atoms with Crippen molar-refractivity contribution in [3.8, 4) is 0 Å². The fourth-order valence-electron chi connectivity index (χ4n) is 3.21. The molecule has 1 aliphatic heterocycles. The number of ketones is 1. The lowest BCUT2D eigenvalue weighted by Crippen LogP contribution is -2.34. The smallest absolute Gasteiger partial charge is 0.230 e. The molecule has 1 unspecified atom stereocenters. The van der Waals surface area contributed by atoms with E-state index in [1.54, 1.807) is 0 Å². The molecule has 0 saturated carbocycles. The second-order valence-corrected chi connectivity index (χ2v) is 7.32. The summed E-state index contributed by atoms with van der Waals surface area (Å²) in [4.78, 5) is 26.8. The van der Waals surface area contributed by atoms with Crippen molar-refractivity contribution in [2.45, 2.75) is 57.7 Å². The Kier molecular flexibility index (Phi) is 6.40. The highest BCUT2D eigenvalue weighted by Gasteiger charge is 2.29. The number of rotatable bonds is 7. The van der Waals surface area contributed by atoms with Gasteiger partial charge in [-0.1, -0.05) is 43.1 Å². The second-order valence-electron chi connectivity index (χ2n) is 6.22. The summed E-state index contributed by atoms with van der Waals surface area (Å²) in [6.07, 6.45) is 4.41. The van der Waals surface area contributed by atoms with E-state index >= 15 is 0 Å². The topological polar surface area (TPSA) is 37.4 Å². The van der Waals surface area contributed by atoms with Crippen LogP contribution in [-0.2, 0) is 11.2 Å². The van der Waals surface area contributed by atoms with Gasteiger partial charge in [0.25, 0.3) is 0 Å². The van der Waals surface area contributed by atoms with Gasteiger partial charge in [-0.3, -0.25) is 9.59 Å². The number of carbonyl (C=O) groups excluding carboxylic acids is 2. The average molecular weight is 380 g/mol. The minimum atomic E-state index is -0.116. The molecule has 23 heavy (non-hydrogen) atoms. The Bertz CT molecular complexity index is 581. The van der Waals surface area contributed by atoms with E-state index in [2.05, 4.69) is 36.7 Å². The Labute approximate surface area is 147 Å². The van der Waals surface area contributed by atoms with Crippen molar-refractivity contribution >= 4 is 33.3 Å². The molecule has 0 N–H and O–H groups in total. The highest BCUT2D eigenvalue weighted by Crippen LogP contribution is 2.32. The summed E-state index contributed by atoms with van der Waals surface area (Å²) in [6.45, 7) is 6.93. The number of hydrogen-bond donors (Lipinski definition) is 0. The molecule has 1 aromatic carbocycles. The second kappa shape index (κ2) is 8.09. The number of nitrogens with zero attached hydrogens (tertiary/aromatic N) is 1. The SMILES string of the molecule is CCCC(Br)C(=O)c1ccc2c(c1)CCN2C(=O)C(CC)CC. The van der Waals surface area contributed by atoms with Gasteiger partial charge in [-0.2, -0.15) is 0 Å². The average Bonchev–Trinajstić information content (AvgIpc) is 2.98. The van der Waals surface area contributed by atoms with Crippen molar-refractivity contribution in [1.29, 1.82) is 0 Å². The molecule has 126 valence electrons. The largest absolute Gasteiger partial charge is 0.312 e. The summed E-state index contributed by atoms with van der Waals surface area (Å²) in [7, 11) is 0. The molecule has 0 bridgehead atoms. The molecule has 0 spiro atoms. The first-order chi connectivity index (χ1) is 11.0. The maximum absolute atomic E-state index is 12.6. The third-order valence-corrected chi connectivity index (χ3v) is 5.56. The molecule has 1 aromatic rings. The molecule has 1 aliphatic rings. The molecule has 0 aliphatic carbocycles. The number of alkyl halides is 1. The lowest BCUT2D eigenvalue weighted by Gasteiger charge is -2.22. The van der Waals surface area contributed by atoms with E-state index in [0.29, 0.717) is 0 Å². The zero-order valence-electron chi connectivity index (χ0n) is 14.3. The van der Waals surface area contributed by atoms with Crippen LogP contribution in [0.2, 0.25) is 0 Å². The number of halogens is 1. The zero-order chi connectivity index (χ0) is 17.0. The molecule has 1 heterocycles. The number of carbonyl (C=O) groups is 2. The van der Waals surface area contributed by atoms with Crippen LogP contribution in [0.1, 0.15) is 62.4 Å². The van der Waals surface area contributed by atoms with Crippen LogP contribution in [0.5, 0.6) is 0 Å². The van der Waals surface area contributed by atoms with Crippen LogP contribution in [0.4, 0.5) is 5.69 Å². The first-order valence-corrected chi connectivity index (χ1v) is 9.57. The number of hydrogen-bond acceptors (Lipinski definition) is 2. The van der Waals surface area contributed by atoms with Crippen LogP contribution in [0.15, 0.2) is 18.2 Å². The third kappa shape index (κ3) is 3.85. The van der Waals surface area contributed by atoms with Crippen LogP contribution < -0.4 is 4.90 Å². The van der Waals surface area contributed by atoms with Crippen molar-refractivity contribution < 1.29 is 9.59 Å². The molecular weight excluding hydrogens is 354 g/mol. The molecular formula is C19H26BrNO2. The number of benzene rings is 1. The van der Waals surface area contributed by atoms with Crippen molar-refractivity contribution in [1.82, 2.24) is 0 Å². The van der Waals surface area contributed by atoms with Gasteiger partial charge < -0.3 is 4.90 Å². The molecule has 0 fully saturated rings. The Morgan fingerprint density at radius 3 is 2.52 bits per heavy atom. The molecule has 0 radical (unpaired) electrons. The molecule has 2 rings (SSSR count).